The zero-order valence-electron chi connectivity index (χ0n) is 12.7. The van der Waals surface area contributed by atoms with E-state index in [4.69, 9.17) is 9.47 Å². The molecule has 118 valence electrons. The molecule has 0 radical (unpaired) electrons. The standard InChI is InChI=1S/C16H29BrO3/c1-2-3-4-5-6-8-11-14-19-16(18)20-15-12-9-7-10-13-17/h6,8H,2-5,7,9-15H2,1H3/b8-6-. The summed E-state index contributed by atoms with van der Waals surface area (Å²) in [7, 11) is 0. The van der Waals surface area contributed by atoms with E-state index in [1.807, 2.05) is 0 Å². The highest BCUT2D eigenvalue weighted by atomic mass is 79.9. The fourth-order valence-electron chi connectivity index (χ4n) is 1.71. The average molecular weight is 349 g/mol. The Hall–Kier alpha value is -0.510. The van der Waals surface area contributed by atoms with Crippen LogP contribution >= 0.6 is 15.9 Å². The minimum atomic E-state index is -0.537. The van der Waals surface area contributed by atoms with Crippen molar-refractivity contribution in [2.75, 3.05) is 18.5 Å². The summed E-state index contributed by atoms with van der Waals surface area (Å²) in [6, 6.07) is 0. The van der Waals surface area contributed by atoms with Crippen LogP contribution in [0.15, 0.2) is 12.2 Å². The Balaban J connectivity index is 3.24. The summed E-state index contributed by atoms with van der Waals surface area (Å²) in [6.45, 7) is 3.07. The van der Waals surface area contributed by atoms with Crippen molar-refractivity contribution in [1.29, 1.82) is 0 Å². The van der Waals surface area contributed by atoms with Gasteiger partial charge in [0, 0.05) is 5.33 Å². The maximum atomic E-state index is 11.2. The van der Waals surface area contributed by atoms with Gasteiger partial charge in [0.25, 0.3) is 0 Å². The van der Waals surface area contributed by atoms with E-state index in [9.17, 15) is 4.79 Å². The minimum Gasteiger partial charge on any atom is -0.434 e. The van der Waals surface area contributed by atoms with E-state index < -0.39 is 6.16 Å². The molecule has 20 heavy (non-hydrogen) atoms. The first kappa shape index (κ1) is 19.5. The highest BCUT2D eigenvalue weighted by Gasteiger charge is 2.01. The maximum Gasteiger partial charge on any atom is 0.508 e. The van der Waals surface area contributed by atoms with Crippen molar-refractivity contribution in [3.05, 3.63) is 12.2 Å². The molecule has 0 aliphatic rings. The molecule has 0 aromatic rings. The van der Waals surface area contributed by atoms with Crippen molar-refractivity contribution in [3.8, 4) is 0 Å². The van der Waals surface area contributed by atoms with Gasteiger partial charge in [-0.05, 0) is 32.1 Å². The zero-order chi connectivity index (χ0) is 14.9. The molecule has 0 saturated heterocycles. The third-order valence-corrected chi connectivity index (χ3v) is 3.45. The highest BCUT2D eigenvalue weighted by molar-refractivity contribution is 9.09. The summed E-state index contributed by atoms with van der Waals surface area (Å²) in [5.41, 5.74) is 0. The van der Waals surface area contributed by atoms with Crippen molar-refractivity contribution in [3.63, 3.8) is 0 Å². The zero-order valence-corrected chi connectivity index (χ0v) is 14.3. The number of alkyl halides is 1. The Kier molecular flexibility index (Phi) is 16.1. The number of ether oxygens (including phenoxy) is 2. The van der Waals surface area contributed by atoms with Gasteiger partial charge in [-0.25, -0.2) is 4.79 Å². The molecule has 0 aliphatic carbocycles. The minimum absolute atomic E-state index is 0.409. The van der Waals surface area contributed by atoms with E-state index in [2.05, 4.69) is 35.0 Å². The van der Waals surface area contributed by atoms with Crippen molar-refractivity contribution < 1.29 is 14.3 Å². The van der Waals surface area contributed by atoms with Gasteiger partial charge in [0.2, 0.25) is 0 Å². The van der Waals surface area contributed by atoms with Gasteiger partial charge in [0.1, 0.15) is 0 Å². The van der Waals surface area contributed by atoms with Crippen LogP contribution in [0.25, 0.3) is 0 Å². The van der Waals surface area contributed by atoms with Crippen LogP contribution in [0.5, 0.6) is 0 Å². The van der Waals surface area contributed by atoms with Crippen LogP contribution in [0.4, 0.5) is 4.79 Å². The van der Waals surface area contributed by atoms with Gasteiger partial charge in [-0.2, -0.15) is 0 Å². The number of carbonyl (C=O) groups excluding carboxylic acids is 1. The second kappa shape index (κ2) is 16.5. The molecule has 0 N–H and O–H groups in total. The largest absolute Gasteiger partial charge is 0.508 e. The number of carbonyl (C=O) groups is 1. The van der Waals surface area contributed by atoms with Crippen molar-refractivity contribution in [1.82, 2.24) is 0 Å². The normalized spacial score (nSPS) is 10.9. The molecule has 0 saturated carbocycles. The molecule has 0 aromatic carbocycles. The third-order valence-electron chi connectivity index (χ3n) is 2.89. The van der Waals surface area contributed by atoms with E-state index in [1.165, 1.54) is 32.1 Å². The number of rotatable bonds is 13. The molecule has 0 rings (SSSR count). The fourth-order valence-corrected chi connectivity index (χ4v) is 2.10. The molecule has 0 spiro atoms. The first-order chi connectivity index (χ1) is 9.81. The molecule has 4 heteroatoms. The lowest BCUT2D eigenvalue weighted by atomic mass is 10.2. The Morgan fingerprint density at radius 1 is 0.900 bits per heavy atom. The van der Waals surface area contributed by atoms with Crippen LogP contribution in [-0.4, -0.2) is 24.7 Å². The van der Waals surface area contributed by atoms with E-state index in [0.717, 1.165) is 31.0 Å². The lowest BCUT2D eigenvalue weighted by Gasteiger charge is -2.05. The summed E-state index contributed by atoms with van der Waals surface area (Å²) in [5, 5.41) is 1.04. The van der Waals surface area contributed by atoms with Gasteiger partial charge in [0.15, 0.2) is 0 Å². The predicted octanol–water partition coefficient (Wildman–Crippen LogP) is 5.62. The summed E-state index contributed by atoms with van der Waals surface area (Å²) >= 11 is 3.39. The predicted molar refractivity (Wildman–Crippen MR) is 87.5 cm³/mol. The first-order valence-electron chi connectivity index (χ1n) is 7.81. The molecular formula is C16H29BrO3. The SMILES string of the molecule is CCCCC/C=C\CCOC(=O)OCCCCCCBr. The van der Waals surface area contributed by atoms with Gasteiger partial charge in [0.05, 0.1) is 13.2 Å². The Morgan fingerprint density at radius 3 is 2.35 bits per heavy atom. The van der Waals surface area contributed by atoms with Gasteiger partial charge < -0.3 is 9.47 Å². The van der Waals surface area contributed by atoms with Crippen molar-refractivity contribution in [2.45, 2.75) is 64.7 Å². The smallest absolute Gasteiger partial charge is 0.434 e. The van der Waals surface area contributed by atoms with E-state index in [0.29, 0.717) is 13.2 Å². The molecular weight excluding hydrogens is 320 g/mol. The third kappa shape index (κ3) is 15.5. The summed E-state index contributed by atoms with van der Waals surface area (Å²) < 4.78 is 9.96. The van der Waals surface area contributed by atoms with E-state index >= 15 is 0 Å². The second-order valence-corrected chi connectivity index (χ2v) is 5.60. The van der Waals surface area contributed by atoms with Crippen LogP contribution < -0.4 is 0 Å². The second-order valence-electron chi connectivity index (χ2n) is 4.81. The molecule has 0 aliphatic heterocycles. The lowest BCUT2D eigenvalue weighted by Crippen LogP contribution is -2.09. The van der Waals surface area contributed by atoms with Crippen LogP contribution in [-0.2, 0) is 9.47 Å². The van der Waals surface area contributed by atoms with Crippen LogP contribution in [0.3, 0.4) is 0 Å². The number of unbranched alkanes of at least 4 members (excludes halogenated alkanes) is 6. The van der Waals surface area contributed by atoms with Gasteiger partial charge in [-0.15, -0.1) is 0 Å². The number of hydrogen-bond acceptors (Lipinski definition) is 3. The van der Waals surface area contributed by atoms with Gasteiger partial charge >= 0.3 is 6.16 Å². The average Bonchev–Trinajstić information content (AvgIpc) is 2.45. The van der Waals surface area contributed by atoms with Crippen molar-refractivity contribution >= 4 is 22.1 Å². The van der Waals surface area contributed by atoms with Gasteiger partial charge in [-0.1, -0.05) is 60.7 Å². The number of hydrogen-bond donors (Lipinski definition) is 0. The van der Waals surface area contributed by atoms with Gasteiger partial charge in [-0.3, -0.25) is 0 Å². The number of allylic oxidation sites excluding steroid dienone is 1. The quantitative estimate of drug-likeness (QED) is 0.187. The summed E-state index contributed by atoms with van der Waals surface area (Å²) in [4.78, 5) is 11.2. The molecule has 0 heterocycles. The number of halogens is 1. The van der Waals surface area contributed by atoms with Crippen LogP contribution in [0, 0.1) is 0 Å². The fraction of sp³-hybridized carbons (Fsp3) is 0.812. The Labute approximate surface area is 132 Å². The molecule has 0 aromatic heterocycles. The molecule has 0 bridgehead atoms. The summed E-state index contributed by atoms with van der Waals surface area (Å²) in [5.74, 6) is 0. The molecule has 0 fully saturated rings. The molecule has 0 unspecified atom stereocenters. The monoisotopic (exact) mass is 348 g/mol. The van der Waals surface area contributed by atoms with Crippen LogP contribution in [0.1, 0.15) is 64.7 Å². The van der Waals surface area contributed by atoms with E-state index in [1.54, 1.807) is 0 Å². The lowest BCUT2D eigenvalue weighted by molar-refractivity contribution is 0.0553. The highest BCUT2D eigenvalue weighted by Crippen LogP contribution is 2.03. The first-order valence-corrected chi connectivity index (χ1v) is 8.94. The summed E-state index contributed by atoms with van der Waals surface area (Å²) in [6.07, 6.45) is 13.7. The van der Waals surface area contributed by atoms with E-state index in [-0.39, 0.29) is 0 Å². The van der Waals surface area contributed by atoms with Crippen LogP contribution in [0.2, 0.25) is 0 Å². The molecule has 0 amide bonds. The topological polar surface area (TPSA) is 35.5 Å². The Morgan fingerprint density at radius 2 is 1.60 bits per heavy atom. The van der Waals surface area contributed by atoms with Crippen molar-refractivity contribution in [2.24, 2.45) is 0 Å². The molecule has 3 nitrogen and oxygen atoms in total. The maximum absolute atomic E-state index is 11.2. The molecule has 0 atom stereocenters. The Bertz CT molecular complexity index is 242.